The van der Waals surface area contributed by atoms with Crippen LogP contribution in [0.3, 0.4) is 0 Å². The Bertz CT molecular complexity index is 1330. The van der Waals surface area contributed by atoms with E-state index >= 15 is 0 Å². The van der Waals surface area contributed by atoms with Gasteiger partial charge in [0.15, 0.2) is 11.5 Å². The van der Waals surface area contributed by atoms with Gasteiger partial charge in [-0.15, -0.1) is 10.2 Å². The highest BCUT2D eigenvalue weighted by Crippen LogP contribution is 2.49. The summed E-state index contributed by atoms with van der Waals surface area (Å²) in [7, 11) is 0. The zero-order valence-electron chi connectivity index (χ0n) is 21.3. The van der Waals surface area contributed by atoms with Gasteiger partial charge in [0.1, 0.15) is 11.4 Å². The third kappa shape index (κ3) is 3.03. The smallest absolute Gasteiger partial charge is 0.238 e. The Morgan fingerprint density at radius 1 is 0.438 bits per heavy atom. The van der Waals surface area contributed by atoms with Gasteiger partial charge in [-0.3, -0.25) is 0 Å². The molecule has 3 aromatic carbocycles. The fourth-order valence-corrected chi connectivity index (χ4v) is 4.94. The Kier molecular flexibility index (Phi) is 5.31. The molecule has 1 unspecified atom stereocenters. The molecule has 1 heterocycles. The average Bonchev–Trinajstić information content (AvgIpc) is 2.83. The lowest BCUT2D eigenvalue weighted by Crippen LogP contribution is -2.21. The molecule has 0 saturated carbocycles. The zero-order chi connectivity index (χ0) is 23.6. The second kappa shape index (κ2) is 7.61. The second-order valence-electron chi connectivity index (χ2n) is 9.36. The van der Waals surface area contributed by atoms with Gasteiger partial charge in [-0.25, -0.2) is 0 Å². The summed E-state index contributed by atoms with van der Waals surface area (Å²) in [6, 6.07) is 0. The van der Waals surface area contributed by atoms with Crippen molar-refractivity contribution in [3.8, 4) is 11.5 Å². The van der Waals surface area contributed by atoms with Crippen molar-refractivity contribution in [3.05, 3.63) is 55.6 Å². The molecule has 1 aliphatic heterocycles. The first kappa shape index (κ1) is 22.3. The largest absolute Gasteiger partial charge is 0.453 e. The summed E-state index contributed by atoms with van der Waals surface area (Å²) >= 11 is 0. The standard InChI is InChI=1S/C28H34N2O2/c1-12-13(2)17(6)24-23(16(12)5)18(7)21(10)28-26(24)30-29-25-19(8)14(3)15(4)20(9)27(25)31-22(11)32-28/h22H,1-11H3. The summed E-state index contributed by atoms with van der Waals surface area (Å²) in [6.45, 7) is 23.4. The van der Waals surface area contributed by atoms with Gasteiger partial charge in [0.2, 0.25) is 6.29 Å². The lowest BCUT2D eigenvalue weighted by molar-refractivity contribution is 0.0225. The molecule has 32 heavy (non-hydrogen) atoms. The van der Waals surface area contributed by atoms with Gasteiger partial charge in [-0.2, -0.15) is 0 Å². The first-order valence-corrected chi connectivity index (χ1v) is 11.4. The third-order valence-corrected chi connectivity index (χ3v) is 7.83. The molecule has 3 aromatic rings. The minimum Gasteiger partial charge on any atom is -0.453 e. The van der Waals surface area contributed by atoms with Crippen LogP contribution in [0.5, 0.6) is 11.5 Å². The predicted molar refractivity (Wildman–Crippen MR) is 133 cm³/mol. The van der Waals surface area contributed by atoms with Crippen molar-refractivity contribution >= 4 is 22.1 Å². The van der Waals surface area contributed by atoms with Crippen LogP contribution in [0.15, 0.2) is 10.2 Å². The molecule has 4 heteroatoms. The lowest BCUT2D eigenvalue weighted by Gasteiger charge is -2.24. The van der Waals surface area contributed by atoms with Crippen LogP contribution in [-0.4, -0.2) is 6.29 Å². The number of fused-ring (bicyclic) bond motifs is 4. The Morgan fingerprint density at radius 2 is 0.812 bits per heavy atom. The maximum absolute atomic E-state index is 6.45. The van der Waals surface area contributed by atoms with Gasteiger partial charge >= 0.3 is 0 Å². The van der Waals surface area contributed by atoms with Gasteiger partial charge in [-0.05, 0) is 130 Å². The van der Waals surface area contributed by atoms with Crippen LogP contribution in [0.1, 0.15) is 62.6 Å². The first-order valence-electron chi connectivity index (χ1n) is 11.4. The van der Waals surface area contributed by atoms with E-state index in [4.69, 9.17) is 19.7 Å². The molecule has 0 aromatic heterocycles. The van der Waals surface area contributed by atoms with Crippen LogP contribution >= 0.6 is 0 Å². The van der Waals surface area contributed by atoms with E-state index in [-0.39, 0.29) is 0 Å². The summed E-state index contributed by atoms with van der Waals surface area (Å²) in [5.41, 5.74) is 13.7. The summed E-state index contributed by atoms with van der Waals surface area (Å²) in [5.74, 6) is 1.52. The van der Waals surface area contributed by atoms with Crippen molar-refractivity contribution in [2.45, 2.75) is 82.5 Å². The lowest BCUT2D eigenvalue weighted by atomic mass is 9.86. The molecular weight excluding hydrogens is 396 g/mol. The fourth-order valence-electron chi connectivity index (χ4n) is 4.94. The molecule has 0 spiro atoms. The quantitative estimate of drug-likeness (QED) is 0.359. The number of aryl methyl sites for hydroxylation is 3. The van der Waals surface area contributed by atoms with Crippen LogP contribution in [0.4, 0.5) is 11.4 Å². The molecule has 1 atom stereocenters. The number of hydrogen-bond donors (Lipinski definition) is 0. The fraction of sp³-hybridized carbons (Fsp3) is 0.429. The minimum absolute atomic E-state index is 0.472. The van der Waals surface area contributed by atoms with Crippen LogP contribution < -0.4 is 9.47 Å². The SMILES string of the molecule is Cc1c(C)c(C)c2c(c1C)N=Nc1c(c(C)c(C)c3c(C)c(C)c(C)c(C)c13)OC(C)O2. The minimum atomic E-state index is -0.472. The van der Waals surface area contributed by atoms with Gasteiger partial charge in [-0.1, -0.05) is 0 Å². The molecule has 0 amide bonds. The van der Waals surface area contributed by atoms with E-state index in [9.17, 15) is 0 Å². The maximum Gasteiger partial charge on any atom is 0.238 e. The Balaban J connectivity index is 2.17. The molecular formula is C28H34N2O2. The number of azo groups is 1. The number of hydrogen-bond acceptors (Lipinski definition) is 4. The van der Waals surface area contributed by atoms with E-state index in [1.165, 1.54) is 44.3 Å². The predicted octanol–water partition coefficient (Wildman–Crippen LogP) is 8.46. The van der Waals surface area contributed by atoms with E-state index < -0.39 is 6.29 Å². The van der Waals surface area contributed by atoms with E-state index in [0.29, 0.717) is 0 Å². The maximum atomic E-state index is 6.45. The summed E-state index contributed by atoms with van der Waals surface area (Å²) in [6.07, 6.45) is -0.472. The molecule has 0 aliphatic carbocycles. The van der Waals surface area contributed by atoms with Crippen LogP contribution in [0.2, 0.25) is 0 Å². The highest BCUT2D eigenvalue weighted by molar-refractivity contribution is 6.04. The van der Waals surface area contributed by atoms with E-state index in [1.54, 1.807) is 0 Å². The zero-order valence-corrected chi connectivity index (χ0v) is 21.3. The average molecular weight is 431 g/mol. The summed E-state index contributed by atoms with van der Waals surface area (Å²) in [4.78, 5) is 0. The van der Waals surface area contributed by atoms with Gasteiger partial charge < -0.3 is 9.47 Å². The molecule has 0 bridgehead atoms. The van der Waals surface area contributed by atoms with Gasteiger partial charge in [0, 0.05) is 12.3 Å². The van der Waals surface area contributed by atoms with Crippen molar-refractivity contribution < 1.29 is 9.47 Å². The van der Waals surface area contributed by atoms with Crippen LogP contribution in [0.25, 0.3) is 10.8 Å². The number of benzene rings is 3. The summed E-state index contributed by atoms with van der Waals surface area (Å²) in [5, 5.41) is 12.1. The van der Waals surface area contributed by atoms with Gasteiger partial charge in [0.05, 0.1) is 0 Å². The molecule has 4 nitrogen and oxygen atoms in total. The van der Waals surface area contributed by atoms with E-state index in [2.05, 4.69) is 69.2 Å². The normalized spacial score (nSPS) is 15.4. The monoisotopic (exact) mass is 430 g/mol. The Hall–Kier alpha value is -2.88. The highest BCUT2D eigenvalue weighted by atomic mass is 16.7. The molecule has 4 rings (SSSR count). The van der Waals surface area contributed by atoms with Crippen molar-refractivity contribution in [3.63, 3.8) is 0 Å². The first-order chi connectivity index (χ1) is 15.0. The molecule has 0 radical (unpaired) electrons. The van der Waals surface area contributed by atoms with Gasteiger partial charge in [0.25, 0.3) is 0 Å². The highest BCUT2D eigenvalue weighted by Gasteiger charge is 2.26. The Labute approximate surface area is 191 Å². The van der Waals surface area contributed by atoms with Crippen molar-refractivity contribution in [1.82, 2.24) is 0 Å². The summed E-state index contributed by atoms with van der Waals surface area (Å²) < 4.78 is 12.8. The van der Waals surface area contributed by atoms with Crippen molar-refractivity contribution in [1.29, 1.82) is 0 Å². The molecule has 0 N–H and O–H groups in total. The van der Waals surface area contributed by atoms with Crippen LogP contribution in [-0.2, 0) is 0 Å². The molecule has 0 fully saturated rings. The molecule has 168 valence electrons. The number of nitrogens with zero attached hydrogens (tertiary/aromatic N) is 2. The van der Waals surface area contributed by atoms with Crippen LogP contribution in [0, 0.1) is 69.2 Å². The molecule has 1 aliphatic rings. The topological polar surface area (TPSA) is 43.2 Å². The number of rotatable bonds is 0. The van der Waals surface area contributed by atoms with Crippen molar-refractivity contribution in [2.75, 3.05) is 0 Å². The Morgan fingerprint density at radius 3 is 1.41 bits per heavy atom. The van der Waals surface area contributed by atoms with Crippen molar-refractivity contribution in [2.24, 2.45) is 10.2 Å². The van der Waals surface area contributed by atoms with E-state index in [0.717, 1.165) is 45.0 Å². The molecule has 0 saturated heterocycles. The third-order valence-electron chi connectivity index (χ3n) is 7.83. The van der Waals surface area contributed by atoms with E-state index in [1.807, 2.05) is 6.92 Å². The number of ether oxygens (including phenoxy) is 2. The second-order valence-corrected chi connectivity index (χ2v) is 9.36.